The average molecular weight is 615 g/mol. The van der Waals surface area contributed by atoms with Gasteiger partial charge in [-0.25, -0.2) is 4.39 Å². The number of rotatable bonds is 4. The Labute approximate surface area is 258 Å². The van der Waals surface area contributed by atoms with Crippen molar-refractivity contribution in [3.05, 3.63) is 63.4 Å². The number of hydrogen-bond donors (Lipinski definition) is 3. The van der Waals surface area contributed by atoms with Crippen LogP contribution in [0, 0.1) is 23.1 Å². The second-order valence-electron chi connectivity index (χ2n) is 14.3. The molecule has 0 bridgehead atoms. The van der Waals surface area contributed by atoms with E-state index in [1.807, 2.05) is 6.07 Å². The number of benzene rings is 2. The molecular weight excluding hydrogens is 572 g/mol. The molecule has 2 aliphatic heterocycles. The van der Waals surface area contributed by atoms with E-state index in [1.54, 1.807) is 24.3 Å². The molecule has 2 amide bonds. The van der Waals surface area contributed by atoms with Crippen molar-refractivity contribution in [2.75, 3.05) is 5.32 Å². The van der Waals surface area contributed by atoms with Crippen LogP contribution in [0.4, 0.5) is 10.1 Å². The SMILES string of the molecule is CC(C)C1CCC(NC(=O)[C@@H]2NC3(CCC(C)(C)CC3)[C@@]3(C(=O)Nc4cc(Cl)ccc43)[C@H]2c2cccc(Cl)c2F)CC1. The molecule has 6 rings (SSSR count). The molecule has 0 radical (unpaired) electrons. The molecule has 3 atom stereocenters. The van der Waals surface area contributed by atoms with Gasteiger partial charge in [0.15, 0.2) is 0 Å². The lowest BCUT2D eigenvalue weighted by Crippen LogP contribution is -2.61. The Balaban J connectivity index is 1.49. The third-order valence-corrected chi connectivity index (χ3v) is 11.6. The summed E-state index contributed by atoms with van der Waals surface area (Å²) in [6, 6.07) is 9.58. The summed E-state index contributed by atoms with van der Waals surface area (Å²) in [7, 11) is 0. The Morgan fingerprint density at radius 1 is 1.02 bits per heavy atom. The molecule has 2 heterocycles. The van der Waals surface area contributed by atoms with Gasteiger partial charge in [0.05, 0.1) is 11.1 Å². The maximum absolute atomic E-state index is 16.1. The second kappa shape index (κ2) is 10.8. The van der Waals surface area contributed by atoms with Gasteiger partial charge in [0.25, 0.3) is 0 Å². The average Bonchev–Trinajstić information content (AvgIpc) is 3.40. The molecule has 8 heteroatoms. The van der Waals surface area contributed by atoms with Crippen LogP contribution in [0.5, 0.6) is 0 Å². The number of anilines is 1. The molecule has 3 fully saturated rings. The maximum Gasteiger partial charge on any atom is 0.238 e. The molecule has 5 nitrogen and oxygen atoms in total. The van der Waals surface area contributed by atoms with Gasteiger partial charge in [0.2, 0.25) is 11.8 Å². The van der Waals surface area contributed by atoms with E-state index in [2.05, 4.69) is 43.6 Å². The van der Waals surface area contributed by atoms with Crippen LogP contribution in [0.1, 0.15) is 96.1 Å². The van der Waals surface area contributed by atoms with Gasteiger partial charge in [-0.3, -0.25) is 14.9 Å². The summed E-state index contributed by atoms with van der Waals surface area (Å²) >= 11 is 12.8. The van der Waals surface area contributed by atoms with Gasteiger partial charge < -0.3 is 10.6 Å². The smallest absolute Gasteiger partial charge is 0.238 e. The Kier molecular flexibility index (Phi) is 7.68. The van der Waals surface area contributed by atoms with Crippen molar-refractivity contribution in [3.8, 4) is 0 Å². The molecular formula is C34H42Cl2FN3O2. The summed E-state index contributed by atoms with van der Waals surface area (Å²) in [5.74, 6) is -0.500. The number of carbonyl (C=O) groups is 2. The van der Waals surface area contributed by atoms with Crippen molar-refractivity contribution < 1.29 is 14.0 Å². The summed E-state index contributed by atoms with van der Waals surface area (Å²) in [6.45, 7) is 9.02. The number of halogens is 3. The van der Waals surface area contributed by atoms with E-state index in [0.717, 1.165) is 44.1 Å². The molecule has 2 aromatic rings. The van der Waals surface area contributed by atoms with Crippen LogP contribution in [0.2, 0.25) is 10.0 Å². The van der Waals surface area contributed by atoms with Crippen LogP contribution in [0.15, 0.2) is 36.4 Å². The monoisotopic (exact) mass is 613 g/mol. The largest absolute Gasteiger partial charge is 0.352 e. The molecule has 2 aromatic carbocycles. The van der Waals surface area contributed by atoms with Gasteiger partial charge in [-0.2, -0.15) is 0 Å². The van der Waals surface area contributed by atoms with Gasteiger partial charge in [0, 0.05) is 28.2 Å². The highest BCUT2D eigenvalue weighted by Crippen LogP contribution is 2.64. The van der Waals surface area contributed by atoms with E-state index >= 15 is 4.39 Å². The molecule has 1 saturated heterocycles. The lowest BCUT2D eigenvalue weighted by atomic mass is 9.53. The third kappa shape index (κ3) is 4.68. The van der Waals surface area contributed by atoms with Crippen molar-refractivity contribution in [3.63, 3.8) is 0 Å². The number of amides is 2. The van der Waals surface area contributed by atoms with Crippen molar-refractivity contribution in [1.82, 2.24) is 10.6 Å². The van der Waals surface area contributed by atoms with E-state index < -0.39 is 28.7 Å². The maximum atomic E-state index is 16.1. The van der Waals surface area contributed by atoms with Gasteiger partial charge >= 0.3 is 0 Å². The minimum atomic E-state index is -1.23. The Bertz CT molecular complexity index is 1390. The number of nitrogens with one attached hydrogen (secondary N) is 3. The molecule has 4 aliphatic rings. The first-order chi connectivity index (χ1) is 19.9. The highest BCUT2D eigenvalue weighted by molar-refractivity contribution is 6.31. The van der Waals surface area contributed by atoms with Crippen molar-refractivity contribution in [1.29, 1.82) is 0 Å². The van der Waals surface area contributed by atoms with E-state index in [0.29, 0.717) is 41.0 Å². The minimum absolute atomic E-state index is 0.0192. The summed E-state index contributed by atoms with van der Waals surface area (Å²) in [4.78, 5) is 29.0. The zero-order valence-electron chi connectivity index (χ0n) is 25.0. The summed E-state index contributed by atoms with van der Waals surface area (Å²) in [6.07, 6.45) is 7.09. The molecule has 0 unspecified atom stereocenters. The third-order valence-electron chi connectivity index (χ3n) is 11.1. The van der Waals surface area contributed by atoms with Gasteiger partial charge in [-0.05, 0) is 97.9 Å². The highest BCUT2D eigenvalue weighted by atomic mass is 35.5. The predicted octanol–water partition coefficient (Wildman–Crippen LogP) is 7.75. The molecule has 226 valence electrons. The second-order valence-corrected chi connectivity index (χ2v) is 15.1. The Morgan fingerprint density at radius 2 is 1.71 bits per heavy atom. The molecule has 42 heavy (non-hydrogen) atoms. The van der Waals surface area contributed by atoms with E-state index in [4.69, 9.17) is 23.2 Å². The molecule has 3 N–H and O–H groups in total. The number of carbonyl (C=O) groups excluding carboxylic acids is 2. The van der Waals surface area contributed by atoms with Gasteiger partial charge in [-0.1, -0.05) is 69.1 Å². The van der Waals surface area contributed by atoms with Crippen LogP contribution in [-0.2, 0) is 15.0 Å². The van der Waals surface area contributed by atoms with Gasteiger partial charge in [0.1, 0.15) is 11.2 Å². The van der Waals surface area contributed by atoms with Gasteiger partial charge in [-0.15, -0.1) is 0 Å². The zero-order chi connectivity index (χ0) is 30.0. The Hall–Kier alpha value is -2.15. The van der Waals surface area contributed by atoms with Crippen LogP contribution in [-0.4, -0.2) is 29.4 Å². The first-order valence-electron chi connectivity index (χ1n) is 15.5. The normalized spacial score (nSPS) is 31.4. The Morgan fingerprint density at radius 3 is 2.38 bits per heavy atom. The molecule has 2 aliphatic carbocycles. The standard InChI is InChI=1S/C34H42Cl2FN3O2/c1-19(2)20-8-11-22(12-9-20)38-30(41)29-27(23-6-5-7-25(36)28(23)37)34(33(40-29)16-14-32(3,4)15-17-33)24-13-10-21(35)18-26(24)39-31(34)42/h5-7,10,13,18-20,22,27,29,40H,8-9,11-12,14-17H2,1-4H3,(H,38,41)(H,39,42)/t20?,22?,27-,29+,34+/m0/s1. The number of hydrogen-bond acceptors (Lipinski definition) is 3. The lowest BCUT2D eigenvalue weighted by Gasteiger charge is -2.50. The molecule has 0 aromatic heterocycles. The topological polar surface area (TPSA) is 70.2 Å². The van der Waals surface area contributed by atoms with Crippen LogP contribution >= 0.6 is 23.2 Å². The fraction of sp³-hybridized carbons (Fsp3) is 0.588. The summed E-state index contributed by atoms with van der Waals surface area (Å²) in [5.41, 5.74) is -0.217. The summed E-state index contributed by atoms with van der Waals surface area (Å²) < 4.78 is 16.1. The van der Waals surface area contributed by atoms with Crippen molar-refractivity contribution >= 4 is 40.7 Å². The molecule has 2 saturated carbocycles. The van der Waals surface area contributed by atoms with E-state index in [1.165, 1.54) is 6.07 Å². The van der Waals surface area contributed by atoms with Crippen LogP contribution < -0.4 is 16.0 Å². The zero-order valence-corrected chi connectivity index (χ0v) is 26.5. The fourth-order valence-electron chi connectivity index (χ4n) is 8.64. The van der Waals surface area contributed by atoms with Crippen LogP contribution in [0.3, 0.4) is 0 Å². The highest BCUT2D eigenvalue weighted by Gasteiger charge is 2.73. The van der Waals surface area contributed by atoms with Crippen molar-refractivity contribution in [2.45, 2.75) is 108 Å². The van der Waals surface area contributed by atoms with Crippen molar-refractivity contribution in [2.24, 2.45) is 17.3 Å². The first-order valence-corrected chi connectivity index (χ1v) is 16.3. The quantitative estimate of drug-likeness (QED) is 0.330. The van der Waals surface area contributed by atoms with E-state index in [9.17, 15) is 9.59 Å². The first kappa shape index (κ1) is 29.9. The molecule has 2 spiro atoms. The summed E-state index contributed by atoms with van der Waals surface area (Å²) in [5, 5.41) is 10.7. The van der Waals surface area contributed by atoms with Crippen LogP contribution in [0.25, 0.3) is 0 Å². The lowest BCUT2D eigenvalue weighted by molar-refractivity contribution is -0.125. The fourth-order valence-corrected chi connectivity index (χ4v) is 8.99. The predicted molar refractivity (Wildman–Crippen MR) is 167 cm³/mol. The minimum Gasteiger partial charge on any atom is -0.352 e. The number of fused-ring (bicyclic) bond motifs is 3. The van der Waals surface area contributed by atoms with E-state index in [-0.39, 0.29) is 28.3 Å².